The summed E-state index contributed by atoms with van der Waals surface area (Å²) in [5.74, 6) is 0.223. The van der Waals surface area contributed by atoms with Gasteiger partial charge in [-0.25, -0.2) is 9.18 Å². The molecular weight excluding hydrogens is 419 g/mol. The monoisotopic (exact) mass is 446 g/mol. The zero-order valence-corrected chi connectivity index (χ0v) is 17.9. The van der Waals surface area contributed by atoms with E-state index in [2.05, 4.69) is 10.3 Å². The van der Waals surface area contributed by atoms with Gasteiger partial charge in [0.05, 0.1) is 25.0 Å². The lowest BCUT2D eigenvalue weighted by Gasteiger charge is -2.36. The number of piperidine rings is 2. The van der Waals surface area contributed by atoms with Gasteiger partial charge in [-0.2, -0.15) is 0 Å². The first-order valence-corrected chi connectivity index (χ1v) is 10.8. The van der Waals surface area contributed by atoms with Gasteiger partial charge in [0, 0.05) is 37.5 Å². The zero-order valence-electron chi connectivity index (χ0n) is 17.9. The largest absolute Gasteiger partial charge is 0.495 e. The third-order valence-electron chi connectivity index (χ3n) is 5.95. The second-order valence-electron chi connectivity index (χ2n) is 8.04. The smallest absolute Gasteiger partial charge is 0.333 e. The van der Waals surface area contributed by atoms with Gasteiger partial charge in [0.25, 0.3) is 11.5 Å². The SMILES string of the molecule is COc1ccc(C(=O)N2CCC(O[C@@H]3CCNC[C@H]3F)CC2)cc1-n1ccc(=O)[nH]c1=O. The Morgan fingerprint density at radius 3 is 2.62 bits per heavy atom. The molecule has 2 aromatic rings. The van der Waals surface area contributed by atoms with Crippen molar-refractivity contribution in [3.8, 4) is 11.4 Å². The van der Waals surface area contributed by atoms with Crippen molar-refractivity contribution in [1.82, 2.24) is 19.8 Å². The number of aromatic amines is 1. The Hall–Kier alpha value is -2.98. The fourth-order valence-electron chi connectivity index (χ4n) is 4.19. The number of hydrogen-bond donors (Lipinski definition) is 2. The number of nitrogens with one attached hydrogen (secondary N) is 2. The summed E-state index contributed by atoms with van der Waals surface area (Å²) in [6.45, 7) is 2.08. The first kappa shape index (κ1) is 22.2. The fourth-order valence-corrected chi connectivity index (χ4v) is 4.19. The van der Waals surface area contributed by atoms with Gasteiger partial charge in [0.1, 0.15) is 11.9 Å². The maximum atomic E-state index is 14.0. The number of ether oxygens (including phenoxy) is 2. The van der Waals surface area contributed by atoms with Crippen LogP contribution in [0.4, 0.5) is 4.39 Å². The molecule has 2 atom stereocenters. The molecule has 2 fully saturated rings. The summed E-state index contributed by atoms with van der Waals surface area (Å²) in [7, 11) is 1.46. The maximum Gasteiger partial charge on any atom is 0.333 e. The van der Waals surface area contributed by atoms with Crippen LogP contribution in [0.5, 0.6) is 5.75 Å². The molecule has 0 aliphatic carbocycles. The highest BCUT2D eigenvalue weighted by Gasteiger charge is 2.31. The lowest BCUT2D eigenvalue weighted by atomic mass is 10.0. The van der Waals surface area contributed by atoms with Gasteiger partial charge in [-0.05, 0) is 44.0 Å². The molecule has 0 spiro atoms. The summed E-state index contributed by atoms with van der Waals surface area (Å²) in [6, 6.07) is 6.07. The molecule has 4 rings (SSSR count). The number of H-pyrrole nitrogens is 1. The number of methoxy groups -OCH3 is 1. The Bertz CT molecular complexity index is 1080. The van der Waals surface area contributed by atoms with Crippen LogP contribution in [0.15, 0.2) is 40.1 Å². The molecule has 32 heavy (non-hydrogen) atoms. The molecular formula is C22H27FN4O5. The van der Waals surface area contributed by atoms with E-state index in [1.54, 1.807) is 23.1 Å². The average Bonchev–Trinajstić information content (AvgIpc) is 2.80. The molecule has 0 saturated carbocycles. The van der Waals surface area contributed by atoms with E-state index in [9.17, 15) is 18.8 Å². The van der Waals surface area contributed by atoms with E-state index >= 15 is 0 Å². The summed E-state index contributed by atoms with van der Waals surface area (Å²) in [5.41, 5.74) is -0.369. The van der Waals surface area contributed by atoms with Gasteiger partial charge in [-0.15, -0.1) is 0 Å². The number of likely N-dealkylation sites (tertiary alicyclic amines) is 1. The van der Waals surface area contributed by atoms with Crippen molar-refractivity contribution in [2.24, 2.45) is 0 Å². The molecule has 2 saturated heterocycles. The standard InChI is InChI=1S/C22H27FN4O5/c1-31-19-3-2-14(12-17(19)27-11-7-20(28)25-22(27)30)21(29)26-9-5-15(6-10-26)32-18-4-8-24-13-16(18)23/h2-3,7,11-12,15-16,18,24H,4-6,8-10,13H2,1H3,(H,25,28,30)/t16-,18-/m1/s1. The van der Waals surface area contributed by atoms with Crippen molar-refractivity contribution >= 4 is 5.91 Å². The van der Waals surface area contributed by atoms with Gasteiger partial charge in [0.15, 0.2) is 0 Å². The molecule has 0 unspecified atom stereocenters. The van der Waals surface area contributed by atoms with E-state index in [1.807, 2.05) is 0 Å². The van der Waals surface area contributed by atoms with E-state index in [-0.39, 0.29) is 18.1 Å². The second kappa shape index (κ2) is 9.66. The first-order chi connectivity index (χ1) is 15.5. The number of nitrogens with zero attached hydrogens (tertiary/aromatic N) is 2. The lowest BCUT2D eigenvalue weighted by molar-refractivity contribution is -0.0803. The molecule has 2 aliphatic rings. The van der Waals surface area contributed by atoms with Gasteiger partial charge >= 0.3 is 5.69 Å². The van der Waals surface area contributed by atoms with E-state index in [0.717, 1.165) is 6.54 Å². The van der Waals surface area contributed by atoms with Crippen LogP contribution in [-0.4, -0.2) is 72.0 Å². The summed E-state index contributed by atoms with van der Waals surface area (Å²) in [6.07, 6.45) is 1.83. The number of benzene rings is 1. The minimum atomic E-state index is -1.00. The van der Waals surface area contributed by atoms with Gasteiger partial charge < -0.3 is 19.7 Å². The number of hydrogen-bond acceptors (Lipinski definition) is 6. The van der Waals surface area contributed by atoms with Crippen molar-refractivity contribution < 1.29 is 18.7 Å². The number of carbonyl (C=O) groups is 1. The minimum Gasteiger partial charge on any atom is -0.495 e. The number of carbonyl (C=O) groups excluding carboxylic acids is 1. The molecule has 1 aromatic heterocycles. The highest BCUT2D eigenvalue weighted by molar-refractivity contribution is 5.95. The van der Waals surface area contributed by atoms with Crippen LogP contribution in [0.1, 0.15) is 29.6 Å². The zero-order chi connectivity index (χ0) is 22.7. The van der Waals surface area contributed by atoms with Crippen LogP contribution in [0.2, 0.25) is 0 Å². The fraction of sp³-hybridized carbons (Fsp3) is 0.500. The van der Waals surface area contributed by atoms with Crippen LogP contribution in [0.25, 0.3) is 5.69 Å². The molecule has 1 aromatic carbocycles. The van der Waals surface area contributed by atoms with Crippen molar-refractivity contribution in [3.05, 3.63) is 56.9 Å². The molecule has 9 nitrogen and oxygen atoms in total. The summed E-state index contributed by atoms with van der Waals surface area (Å²) in [4.78, 5) is 40.6. The number of alkyl halides is 1. The molecule has 10 heteroatoms. The minimum absolute atomic E-state index is 0.0634. The van der Waals surface area contributed by atoms with Crippen LogP contribution >= 0.6 is 0 Å². The molecule has 172 valence electrons. The highest BCUT2D eigenvalue weighted by Crippen LogP contribution is 2.25. The topological polar surface area (TPSA) is 106 Å². The quantitative estimate of drug-likeness (QED) is 0.706. The highest BCUT2D eigenvalue weighted by atomic mass is 19.1. The molecule has 3 heterocycles. The van der Waals surface area contributed by atoms with Crippen LogP contribution in [0.3, 0.4) is 0 Å². The number of amides is 1. The predicted octanol–water partition coefficient (Wildman–Crippen LogP) is 0.856. The summed E-state index contributed by atoms with van der Waals surface area (Å²) in [5, 5.41) is 3.02. The van der Waals surface area contributed by atoms with Crippen molar-refractivity contribution in [1.29, 1.82) is 0 Å². The average molecular weight is 446 g/mol. The normalized spacial score (nSPS) is 22.0. The predicted molar refractivity (Wildman–Crippen MR) is 115 cm³/mol. The Kier molecular flexibility index (Phi) is 6.71. The Labute approximate surface area is 184 Å². The van der Waals surface area contributed by atoms with Crippen LogP contribution < -0.4 is 21.3 Å². The third-order valence-corrected chi connectivity index (χ3v) is 5.95. The molecule has 2 aliphatic heterocycles. The van der Waals surface area contributed by atoms with Gasteiger partial charge in [0.2, 0.25) is 0 Å². The Morgan fingerprint density at radius 1 is 1.16 bits per heavy atom. The molecule has 0 radical (unpaired) electrons. The molecule has 0 bridgehead atoms. The van der Waals surface area contributed by atoms with Gasteiger partial charge in [-0.1, -0.05) is 0 Å². The third kappa shape index (κ3) is 4.76. The first-order valence-electron chi connectivity index (χ1n) is 10.8. The Morgan fingerprint density at radius 2 is 1.94 bits per heavy atom. The Balaban J connectivity index is 1.46. The molecule has 2 N–H and O–H groups in total. The number of halogens is 1. The summed E-state index contributed by atoms with van der Waals surface area (Å²) < 4.78 is 26.5. The van der Waals surface area contributed by atoms with Crippen LogP contribution in [0, 0.1) is 0 Å². The van der Waals surface area contributed by atoms with Crippen molar-refractivity contribution in [3.63, 3.8) is 0 Å². The lowest BCUT2D eigenvalue weighted by Crippen LogP contribution is -2.47. The van der Waals surface area contributed by atoms with E-state index < -0.39 is 17.4 Å². The second-order valence-corrected chi connectivity index (χ2v) is 8.04. The van der Waals surface area contributed by atoms with E-state index in [1.165, 1.54) is 23.9 Å². The van der Waals surface area contributed by atoms with Crippen molar-refractivity contribution in [2.75, 3.05) is 33.3 Å². The van der Waals surface area contributed by atoms with Gasteiger partial charge in [-0.3, -0.25) is 19.1 Å². The number of aromatic nitrogens is 2. The number of rotatable bonds is 5. The van der Waals surface area contributed by atoms with E-state index in [0.29, 0.717) is 55.9 Å². The van der Waals surface area contributed by atoms with Crippen LogP contribution in [-0.2, 0) is 4.74 Å². The summed E-state index contributed by atoms with van der Waals surface area (Å²) >= 11 is 0. The van der Waals surface area contributed by atoms with Crippen molar-refractivity contribution in [2.45, 2.75) is 37.6 Å². The van der Waals surface area contributed by atoms with E-state index in [4.69, 9.17) is 9.47 Å². The molecule has 1 amide bonds. The maximum absolute atomic E-state index is 14.0.